The van der Waals surface area contributed by atoms with E-state index in [9.17, 15) is 0 Å². The van der Waals surface area contributed by atoms with Gasteiger partial charge >= 0.3 is 0 Å². The molecule has 0 aliphatic heterocycles. The van der Waals surface area contributed by atoms with Crippen molar-refractivity contribution in [2.75, 3.05) is 12.4 Å². The van der Waals surface area contributed by atoms with Crippen molar-refractivity contribution in [2.24, 2.45) is 0 Å². The Balaban J connectivity index is 1.67. The monoisotopic (exact) mass is 373 g/mol. The van der Waals surface area contributed by atoms with Crippen LogP contribution < -0.4 is 10.1 Å². The number of benzene rings is 1. The van der Waals surface area contributed by atoms with Crippen LogP contribution >= 0.6 is 0 Å². The molecule has 4 rings (SSSR count). The molecule has 0 saturated heterocycles. The number of aryl methyl sites for hydroxylation is 1. The summed E-state index contributed by atoms with van der Waals surface area (Å²) >= 11 is 0. The number of furan rings is 1. The number of nitrogens with zero attached hydrogens (tertiary/aromatic N) is 4. The number of methoxy groups -OCH3 is 1. The molecule has 28 heavy (non-hydrogen) atoms. The molecule has 0 aliphatic rings. The SMILES string of the molecule is COc1cccc(CNc2ncc(-c3cnccn3)c(-c3ccoc3C)n2)c1. The highest BCUT2D eigenvalue weighted by Gasteiger charge is 2.16. The zero-order valence-electron chi connectivity index (χ0n) is 15.6. The van der Waals surface area contributed by atoms with E-state index in [4.69, 9.17) is 14.1 Å². The lowest BCUT2D eigenvalue weighted by molar-refractivity contribution is 0.414. The molecule has 1 aromatic carbocycles. The molecule has 0 amide bonds. The summed E-state index contributed by atoms with van der Waals surface area (Å²) in [4.78, 5) is 17.7. The van der Waals surface area contributed by atoms with Crippen molar-refractivity contribution < 1.29 is 9.15 Å². The zero-order valence-corrected chi connectivity index (χ0v) is 15.6. The second-order valence-electron chi connectivity index (χ2n) is 6.14. The fourth-order valence-corrected chi connectivity index (χ4v) is 2.89. The van der Waals surface area contributed by atoms with E-state index in [-0.39, 0.29) is 0 Å². The van der Waals surface area contributed by atoms with Gasteiger partial charge in [-0.3, -0.25) is 9.97 Å². The summed E-state index contributed by atoms with van der Waals surface area (Å²) in [7, 11) is 1.65. The van der Waals surface area contributed by atoms with Crippen molar-refractivity contribution >= 4 is 5.95 Å². The van der Waals surface area contributed by atoms with Crippen LogP contribution in [0.15, 0.2) is 65.8 Å². The zero-order chi connectivity index (χ0) is 19.3. The van der Waals surface area contributed by atoms with Gasteiger partial charge in [0, 0.05) is 36.3 Å². The van der Waals surface area contributed by atoms with Gasteiger partial charge in [-0.2, -0.15) is 0 Å². The third kappa shape index (κ3) is 3.68. The number of aromatic nitrogens is 4. The second-order valence-corrected chi connectivity index (χ2v) is 6.14. The van der Waals surface area contributed by atoms with Gasteiger partial charge in [-0.15, -0.1) is 0 Å². The Morgan fingerprint density at radius 1 is 1.07 bits per heavy atom. The predicted octanol–water partition coefficient (Wildman–Crippen LogP) is 4.12. The molecule has 0 aliphatic carbocycles. The summed E-state index contributed by atoms with van der Waals surface area (Å²) in [5.74, 6) is 2.11. The quantitative estimate of drug-likeness (QED) is 0.544. The predicted molar refractivity (Wildman–Crippen MR) is 106 cm³/mol. The summed E-state index contributed by atoms with van der Waals surface area (Å²) in [6.07, 6.45) is 8.39. The van der Waals surface area contributed by atoms with E-state index in [1.807, 2.05) is 37.3 Å². The number of hydrogen-bond donors (Lipinski definition) is 1. The largest absolute Gasteiger partial charge is 0.497 e. The van der Waals surface area contributed by atoms with Gasteiger partial charge in [0.2, 0.25) is 5.95 Å². The van der Waals surface area contributed by atoms with E-state index in [0.29, 0.717) is 18.2 Å². The fraction of sp³-hybridized carbons (Fsp3) is 0.143. The first kappa shape index (κ1) is 17.7. The van der Waals surface area contributed by atoms with Gasteiger partial charge in [-0.25, -0.2) is 9.97 Å². The van der Waals surface area contributed by atoms with Crippen molar-refractivity contribution in [2.45, 2.75) is 13.5 Å². The van der Waals surface area contributed by atoms with Crippen LogP contribution in [0.3, 0.4) is 0 Å². The van der Waals surface area contributed by atoms with Crippen LogP contribution in [0.4, 0.5) is 5.95 Å². The molecular formula is C21H19N5O2. The highest BCUT2D eigenvalue weighted by molar-refractivity contribution is 5.79. The molecule has 0 fully saturated rings. The normalized spacial score (nSPS) is 10.6. The minimum absolute atomic E-state index is 0.520. The highest BCUT2D eigenvalue weighted by Crippen LogP contribution is 2.32. The van der Waals surface area contributed by atoms with Crippen molar-refractivity contribution in [3.63, 3.8) is 0 Å². The molecule has 7 heteroatoms. The fourth-order valence-electron chi connectivity index (χ4n) is 2.89. The maximum Gasteiger partial charge on any atom is 0.223 e. The van der Waals surface area contributed by atoms with Crippen LogP contribution in [0.2, 0.25) is 0 Å². The van der Waals surface area contributed by atoms with E-state index in [0.717, 1.165) is 33.9 Å². The molecule has 0 bridgehead atoms. The maximum absolute atomic E-state index is 5.47. The average molecular weight is 373 g/mol. The van der Waals surface area contributed by atoms with Crippen LogP contribution in [0.25, 0.3) is 22.5 Å². The standard InChI is InChI=1S/C21H19N5O2/c1-14-17(6-9-28-14)20-18(19-13-22-7-8-23-19)12-25-21(26-20)24-11-15-4-3-5-16(10-15)27-2/h3-10,12-13H,11H2,1-2H3,(H,24,25,26). The van der Waals surface area contributed by atoms with E-state index in [1.54, 1.807) is 38.2 Å². The van der Waals surface area contributed by atoms with Crippen LogP contribution in [0.1, 0.15) is 11.3 Å². The van der Waals surface area contributed by atoms with Crippen LogP contribution in [-0.4, -0.2) is 27.0 Å². The van der Waals surface area contributed by atoms with Gasteiger partial charge in [0.25, 0.3) is 0 Å². The lowest BCUT2D eigenvalue weighted by Gasteiger charge is -2.11. The molecular weight excluding hydrogens is 354 g/mol. The Morgan fingerprint density at radius 2 is 2.00 bits per heavy atom. The molecule has 0 spiro atoms. The number of nitrogens with one attached hydrogen (secondary N) is 1. The minimum Gasteiger partial charge on any atom is -0.497 e. The second kappa shape index (κ2) is 7.87. The Morgan fingerprint density at radius 3 is 2.75 bits per heavy atom. The molecule has 3 heterocycles. The summed E-state index contributed by atoms with van der Waals surface area (Å²) in [5, 5.41) is 3.27. The first-order chi connectivity index (χ1) is 13.7. The van der Waals surface area contributed by atoms with Gasteiger partial charge in [0.05, 0.1) is 31.0 Å². The summed E-state index contributed by atoms with van der Waals surface area (Å²) in [5.41, 5.74) is 4.21. The van der Waals surface area contributed by atoms with Gasteiger partial charge in [-0.05, 0) is 30.7 Å². The number of rotatable bonds is 6. The molecule has 7 nitrogen and oxygen atoms in total. The van der Waals surface area contributed by atoms with Gasteiger partial charge in [0.1, 0.15) is 11.5 Å². The minimum atomic E-state index is 0.520. The van der Waals surface area contributed by atoms with Crippen molar-refractivity contribution in [3.05, 3.63) is 72.7 Å². The van der Waals surface area contributed by atoms with Gasteiger partial charge < -0.3 is 14.5 Å². The summed E-state index contributed by atoms with van der Waals surface area (Å²) < 4.78 is 10.7. The molecule has 0 saturated carbocycles. The van der Waals surface area contributed by atoms with Crippen molar-refractivity contribution in [3.8, 4) is 28.3 Å². The number of anilines is 1. The Kier molecular flexibility index (Phi) is 4.97. The molecule has 0 atom stereocenters. The molecule has 140 valence electrons. The van der Waals surface area contributed by atoms with Crippen LogP contribution in [0.5, 0.6) is 5.75 Å². The molecule has 4 aromatic rings. The van der Waals surface area contributed by atoms with Crippen molar-refractivity contribution in [1.29, 1.82) is 0 Å². The van der Waals surface area contributed by atoms with Gasteiger partial charge in [0.15, 0.2) is 0 Å². The first-order valence-corrected chi connectivity index (χ1v) is 8.79. The van der Waals surface area contributed by atoms with Crippen molar-refractivity contribution in [1.82, 2.24) is 19.9 Å². The topological polar surface area (TPSA) is 86.0 Å². The first-order valence-electron chi connectivity index (χ1n) is 8.79. The van der Waals surface area contributed by atoms with E-state index in [2.05, 4.69) is 20.3 Å². The third-order valence-corrected chi connectivity index (χ3v) is 4.33. The van der Waals surface area contributed by atoms with Gasteiger partial charge in [-0.1, -0.05) is 12.1 Å². The van der Waals surface area contributed by atoms with E-state index < -0.39 is 0 Å². The lowest BCUT2D eigenvalue weighted by Crippen LogP contribution is -2.05. The molecule has 1 N–H and O–H groups in total. The Bertz CT molecular complexity index is 1080. The number of hydrogen-bond acceptors (Lipinski definition) is 7. The Hall–Kier alpha value is -3.74. The lowest BCUT2D eigenvalue weighted by atomic mass is 10.1. The van der Waals surface area contributed by atoms with E-state index >= 15 is 0 Å². The maximum atomic E-state index is 5.47. The average Bonchev–Trinajstić information content (AvgIpc) is 3.18. The van der Waals surface area contributed by atoms with Crippen LogP contribution in [-0.2, 0) is 6.54 Å². The smallest absolute Gasteiger partial charge is 0.223 e. The molecule has 0 unspecified atom stereocenters. The molecule has 0 radical (unpaired) electrons. The summed E-state index contributed by atoms with van der Waals surface area (Å²) in [6, 6.07) is 9.75. The number of ether oxygens (including phenoxy) is 1. The molecule has 3 aromatic heterocycles. The highest BCUT2D eigenvalue weighted by atomic mass is 16.5. The van der Waals surface area contributed by atoms with Crippen LogP contribution in [0, 0.1) is 6.92 Å². The Labute approximate surface area is 162 Å². The third-order valence-electron chi connectivity index (χ3n) is 4.33. The van der Waals surface area contributed by atoms with E-state index in [1.165, 1.54) is 0 Å². The summed E-state index contributed by atoms with van der Waals surface area (Å²) in [6.45, 7) is 2.48.